The number of allylic oxidation sites excluding steroid dienone is 1. The molecule has 3 N–H and O–H groups in total. The molecule has 0 aliphatic carbocycles. The van der Waals surface area contributed by atoms with Crippen LogP contribution in [0.4, 0.5) is 5.69 Å². The molecule has 0 unspecified atom stereocenters. The monoisotopic (exact) mass is 248 g/mol. The molecular weight excluding hydrogens is 228 g/mol. The summed E-state index contributed by atoms with van der Waals surface area (Å²) in [5.41, 5.74) is 7.14. The number of nitrogens with two attached hydrogens (primary N) is 1. The van der Waals surface area contributed by atoms with Gasteiger partial charge in [0, 0.05) is 18.5 Å². The Morgan fingerprint density at radius 3 is 2.83 bits per heavy atom. The van der Waals surface area contributed by atoms with Gasteiger partial charge in [0.15, 0.2) is 0 Å². The van der Waals surface area contributed by atoms with Gasteiger partial charge in [0.05, 0.1) is 12.8 Å². The van der Waals surface area contributed by atoms with Crippen LogP contribution in [0.15, 0.2) is 30.4 Å². The third-order valence-corrected chi connectivity index (χ3v) is 2.54. The molecule has 0 radical (unpaired) electrons. The smallest absolute Gasteiger partial charge is 0.224 e. The molecule has 1 aromatic carbocycles. The lowest BCUT2D eigenvalue weighted by molar-refractivity contribution is -0.115. The molecule has 4 nitrogen and oxygen atoms in total. The van der Waals surface area contributed by atoms with E-state index in [2.05, 4.69) is 5.32 Å². The molecule has 0 bridgehead atoms. The van der Waals surface area contributed by atoms with Gasteiger partial charge in [0.1, 0.15) is 5.75 Å². The largest absolute Gasteiger partial charge is 0.494 e. The number of hydrogen-bond donors (Lipinski definition) is 2. The zero-order chi connectivity index (χ0) is 13.4. The highest BCUT2D eigenvalue weighted by atomic mass is 16.5. The molecule has 0 aliphatic heterocycles. The first-order valence-corrected chi connectivity index (χ1v) is 6.03. The van der Waals surface area contributed by atoms with Crippen LogP contribution in [-0.4, -0.2) is 19.6 Å². The summed E-state index contributed by atoms with van der Waals surface area (Å²) in [6.07, 6.45) is 5.07. The van der Waals surface area contributed by atoms with Crippen LogP contribution in [0.2, 0.25) is 0 Å². The van der Waals surface area contributed by atoms with Crippen LogP contribution < -0.4 is 15.8 Å². The van der Waals surface area contributed by atoms with Crippen molar-refractivity contribution in [3.05, 3.63) is 35.9 Å². The molecule has 98 valence electrons. The third-order valence-electron chi connectivity index (χ3n) is 2.54. The topological polar surface area (TPSA) is 64.4 Å². The van der Waals surface area contributed by atoms with Crippen LogP contribution >= 0.6 is 0 Å². The summed E-state index contributed by atoms with van der Waals surface area (Å²) in [5.74, 6) is 0.684. The van der Waals surface area contributed by atoms with Crippen LogP contribution in [0.1, 0.15) is 18.9 Å². The Labute approximate surface area is 108 Å². The highest BCUT2D eigenvalue weighted by Crippen LogP contribution is 2.29. The Kier molecular flexibility index (Phi) is 5.94. The maximum Gasteiger partial charge on any atom is 0.224 e. The van der Waals surface area contributed by atoms with Crippen LogP contribution in [0, 0.1) is 0 Å². The number of amides is 1. The van der Waals surface area contributed by atoms with E-state index in [1.807, 2.05) is 37.3 Å². The first-order chi connectivity index (χ1) is 8.72. The highest BCUT2D eigenvalue weighted by molar-refractivity contribution is 5.92. The van der Waals surface area contributed by atoms with Gasteiger partial charge in [0.25, 0.3) is 0 Å². The number of para-hydroxylation sites is 1. The fourth-order valence-electron chi connectivity index (χ4n) is 1.63. The van der Waals surface area contributed by atoms with Crippen molar-refractivity contribution in [1.29, 1.82) is 0 Å². The molecule has 0 aromatic heterocycles. The number of rotatable bonds is 6. The molecule has 0 heterocycles. The zero-order valence-electron chi connectivity index (χ0n) is 10.9. The predicted molar refractivity (Wildman–Crippen MR) is 73.8 cm³/mol. The summed E-state index contributed by atoms with van der Waals surface area (Å²) < 4.78 is 5.37. The Hall–Kier alpha value is -1.81. The normalized spacial score (nSPS) is 10.6. The minimum Gasteiger partial charge on any atom is -0.494 e. The molecule has 0 saturated heterocycles. The molecule has 4 heteroatoms. The molecule has 0 spiro atoms. The second-order valence-electron chi connectivity index (χ2n) is 3.81. The van der Waals surface area contributed by atoms with E-state index >= 15 is 0 Å². The standard InChI is InChI=1S/C14H20N2O2/c1-3-13(17)16-12-9-6-8-11(14(12)18-2)7-4-5-10-15/h4-6,8-9H,3,7,10,15H2,1-2H3,(H,16,17)/b5-4+. The van der Waals surface area contributed by atoms with Crippen LogP contribution in [0.25, 0.3) is 0 Å². The lowest BCUT2D eigenvalue weighted by atomic mass is 10.1. The Bertz CT molecular complexity index is 428. The summed E-state index contributed by atoms with van der Waals surface area (Å²) in [5, 5.41) is 2.83. The molecule has 1 rings (SSSR count). The number of anilines is 1. The van der Waals surface area contributed by atoms with Gasteiger partial charge in [-0.25, -0.2) is 0 Å². The molecule has 0 saturated carbocycles. The minimum atomic E-state index is -0.0250. The van der Waals surface area contributed by atoms with Crippen molar-refractivity contribution in [3.8, 4) is 5.75 Å². The first-order valence-electron chi connectivity index (χ1n) is 6.03. The van der Waals surface area contributed by atoms with E-state index in [1.54, 1.807) is 7.11 Å². The Balaban J connectivity index is 2.94. The van der Waals surface area contributed by atoms with Crippen molar-refractivity contribution < 1.29 is 9.53 Å². The molecule has 0 atom stereocenters. The van der Waals surface area contributed by atoms with Crippen molar-refractivity contribution in [2.24, 2.45) is 5.73 Å². The summed E-state index contributed by atoms with van der Waals surface area (Å²) in [6, 6.07) is 5.71. The van der Waals surface area contributed by atoms with E-state index in [4.69, 9.17) is 10.5 Å². The second kappa shape index (κ2) is 7.50. The van der Waals surface area contributed by atoms with E-state index in [0.717, 1.165) is 12.0 Å². The van der Waals surface area contributed by atoms with E-state index < -0.39 is 0 Å². The summed E-state index contributed by atoms with van der Waals surface area (Å²) in [4.78, 5) is 11.4. The minimum absolute atomic E-state index is 0.0250. The van der Waals surface area contributed by atoms with Crippen LogP contribution in [-0.2, 0) is 11.2 Å². The predicted octanol–water partition coefficient (Wildman–Crippen LogP) is 2.10. The van der Waals surface area contributed by atoms with Gasteiger partial charge in [-0.05, 0) is 12.5 Å². The average molecular weight is 248 g/mol. The van der Waals surface area contributed by atoms with E-state index in [1.165, 1.54) is 0 Å². The van der Waals surface area contributed by atoms with Gasteiger partial charge in [-0.3, -0.25) is 4.79 Å². The molecule has 18 heavy (non-hydrogen) atoms. The first kappa shape index (κ1) is 14.3. The molecule has 1 amide bonds. The fraction of sp³-hybridized carbons (Fsp3) is 0.357. The quantitative estimate of drug-likeness (QED) is 0.758. The lowest BCUT2D eigenvalue weighted by Gasteiger charge is -2.13. The van der Waals surface area contributed by atoms with Crippen molar-refractivity contribution >= 4 is 11.6 Å². The Morgan fingerprint density at radius 1 is 1.44 bits per heavy atom. The molecule has 0 fully saturated rings. The lowest BCUT2D eigenvalue weighted by Crippen LogP contribution is -2.11. The molecule has 0 aliphatic rings. The molecule has 1 aromatic rings. The van der Waals surface area contributed by atoms with Crippen LogP contribution in [0.5, 0.6) is 5.75 Å². The van der Waals surface area contributed by atoms with Crippen LogP contribution in [0.3, 0.4) is 0 Å². The van der Waals surface area contributed by atoms with Crippen molar-refractivity contribution in [3.63, 3.8) is 0 Å². The maximum atomic E-state index is 11.4. The fourth-order valence-corrected chi connectivity index (χ4v) is 1.63. The zero-order valence-corrected chi connectivity index (χ0v) is 10.9. The van der Waals surface area contributed by atoms with Gasteiger partial charge in [0.2, 0.25) is 5.91 Å². The third kappa shape index (κ3) is 3.89. The van der Waals surface area contributed by atoms with Gasteiger partial charge in [-0.1, -0.05) is 31.2 Å². The number of methoxy groups -OCH3 is 1. The van der Waals surface area contributed by atoms with Gasteiger partial charge >= 0.3 is 0 Å². The maximum absolute atomic E-state index is 11.4. The SMILES string of the molecule is CCC(=O)Nc1cccc(C/C=C/CN)c1OC. The Morgan fingerprint density at radius 2 is 2.22 bits per heavy atom. The van der Waals surface area contributed by atoms with E-state index in [9.17, 15) is 4.79 Å². The van der Waals surface area contributed by atoms with Crippen molar-refractivity contribution in [2.75, 3.05) is 19.0 Å². The second-order valence-corrected chi connectivity index (χ2v) is 3.81. The van der Waals surface area contributed by atoms with E-state index in [0.29, 0.717) is 24.4 Å². The number of ether oxygens (including phenoxy) is 1. The van der Waals surface area contributed by atoms with Crippen molar-refractivity contribution in [2.45, 2.75) is 19.8 Å². The van der Waals surface area contributed by atoms with Gasteiger partial charge in [-0.15, -0.1) is 0 Å². The summed E-state index contributed by atoms with van der Waals surface area (Å²) >= 11 is 0. The van der Waals surface area contributed by atoms with E-state index in [-0.39, 0.29) is 5.91 Å². The number of carbonyl (C=O) groups is 1. The van der Waals surface area contributed by atoms with Gasteiger partial charge < -0.3 is 15.8 Å². The number of carbonyl (C=O) groups excluding carboxylic acids is 1. The van der Waals surface area contributed by atoms with Gasteiger partial charge in [-0.2, -0.15) is 0 Å². The summed E-state index contributed by atoms with van der Waals surface area (Å²) in [6.45, 7) is 2.34. The van der Waals surface area contributed by atoms with Crippen molar-refractivity contribution in [1.82, 2.24) is 0 Å². The number of benzene rings is 1. The number of nitrogens with one attached hydrogen (secondary N) is 1. The average Bonchev–Trinajstić information content (AvgIpc) is 2.39. The summed E-state index contributed by atoms with van der Waals surface area (Å²) in [7, 11) is 1.60. The molecular formula is C14H20N2O2. The highest BCUT2D eigenvalue weighted by Gasteiger charge is 2.09. The number of hydrogen-bond acceptors (Lipinski definition) is 3.